The lowest BCUT2D eigenvalue weighted by molar-refractivity contribution is 0.102. The van der Waals surface area contributed by atoms with E-state index in [4.69, 9.17) is 14.2 Å². The SMILES string of the molecule is COc1cc(OC)c(CSCC(=O)c2ccccc2)c(OC)c1. The predicted octanol–water partition coefficient (Wildman–Crippen LogP) is 3.83. The van der Waals surface area contributed by atoms with Crippen LogP contribution in [0.1, 0.15) is 15.9 Å². The van der Waals surface area contributed by atoms with Crippen molar-refractivity contribution < 1.29 is 19.0 Å². The molecule has 0 fully saturated rings. The van der Waals surface area contributed by atoms with E-state index in [2.05, 4.69) is 0 Å². The number of rotatable bonds is 8. The second kappa shape index (κ2) is 8.48. The van der Waals surface area contributed by atoms with Crippen LogP contribution in [-0.4, -0.2) is 32.9 Å². The van der Waals surface area contributed by atoms with E-state index < -0.39 is 0 Å². The molecular formula is C18H20O4S. The fourth-order valence-corrected chi connectivity index (χ4v) is 3.12. The number of Topliss-reactive ketones (excluding diaryl/α,β-unsaturated/α-hetero) is 1. The first-order chi connectivity index (χ1) is 11.2. The van der Waals surface area contributed by atoms with Gasteiger partial charge in [-0.25, -0.2) is 0 Å². The van der Waals surface area contributed by atoms with Crippen LogP contribution in [0.15, 0.2) is 42.5 Å². The molecule has 4 nitrogen and oxygen atoms in total. The van der Waals surface area contributed by atoms with Crippen molar-refractivity contribution in [3.8, 4) is 17.2 Å². The number of thioether (sulfide) groups is 1. The molecule has 0 unspecified atom stereocenters. The van der Waals surface area contributed by atoms with Crippen LogP contribution in [-0.2, 0) is 5.75 Å². The second-order valence-electron chi connectivity index (χ2n) is 4.79. The van der Waals surface area contributed by atoms with Crippen LogP contribution in [0.2, 0.25) is 0 Å². The van der Waals surface area contributed by atoms with Crippen molar-refractivity contribution in [2.45, 2.75) is 5.75 Å². The minimum Gasteiger partial charge on any atom is -0.496 e. The summed E-state index contributed by atoms with van der Waals surface area (Å²) in [4.78, 5) is 12.1. The Morgan fingerprint density at radius 3 is 2.09 bits per heavy atom. The van der Waals surface area contributed by atoms with Gasteiger partial charge in [0.05, 0.1) is 27.1 Å². The van der Waals surface area contributed by atoms with Crippen molar-refractivity contribution in [1.29, 1.82) is 0 Å². The van der Waals surface area contributed by atoms with Crippen LogP contribution in [0.25, 0.3) is 0 Å². The lowest BCUT2D eigenvalue weighted by Gasteiger charge is -2.14. The highest BCUT2D eigenvalue weighted by atomic mass is 32.2. The summed E-state index contributed by atoms with van der Waals surface area (Å²) < 4.78 is 16.1. The monoisotopic (exact) mass is 332 g/mol. The van der Waals surface area contributed by atoms with Gasteiger partial charge < -0.3 is 14.2 Å². The maximum atomic E-state index is 12.1. The summed E-state index contributed by atoms with van der Waals surface area (Å²) in [5.74, 6) is 3.20. The highest BCUT2D eigenvalue weighted by Crippen LogP contribution is 2.36. The molecule has 0 aliphatic carbocycles. The summed E-state index contributed by atoms with van der Waals surface area (Å²) in [5.41, 5.74) is 1.65. The Morgan fingerprint density at radius 2 is 1.57 bits per heavy atom. The van der Waals surface area contributed by atoms with E-state index in [-0.39, 0.29) is 5.78 Å². The summed E-state index contributed by atoms with van der Waals surface area (Å²) in [5, 5.41) is 0. The minimum atomic E-state index is 0.113. The van der Waals surface area contributed by atoms with Gasteiger partial charge in [0.15, 0.2) is 5.78 Å². The van der Waals surface area contributed by atoms with Crippen molar-refractivity contribution >= 4 is 17.5 Å². The zero-order valence-corrected chi connectivity index (χ0v) is 14.3. The topological polar surface area (TPSA) is 44.8 Å². The van der Waals surface area contributed by atoms with Gasteiger partial charge in [-0.15, -0.1) is 11.8 Å². The Kier molecular flexibility index (Phi) is 6.35. The van der Waals surface area contributed by atoms with Crippen molar-refractivity contribution in [2.75, 3.05) is 27.1 Å². The predicted molar refractivity (Wildman–Crippen MR) is 93.0 cm³/mol. The molecule has 0 N–H and O–H groups in total. The summed E-state index contributed by atoms with van der Waals surface area (Å²) in [7, 11) is 4.82. The van der Waals surface area contributed by atoms with E-state index in [1.165, 1.54) is 11.8 Å². The maximum absolute atomic E-state index is 12.1. The molecule has 2 rings (SSSR count). The largest absolute Gasteiger partial charge is 0.496 e. The summed E-state index contributed by atoms with van der Waals surface area (Å²) in [6.45, 7) is 0. The van der Waals surface area contributed by atoms with Gasteiger partial charge >= 0.3 is 0 Å². The lowest BCUT2D eigenvalue weighted by Crippen LogP contribution is -2.03. The van der Waals surface area contributed by atoms with Crippen LogP contribution in [0.3, 0.4) is 0 Å². The van der Waals surface area contributed by atoms with Crippen LogP contribution >= 0.6 is 11.8 Å². The zero-order valence-electron chi connectivity index (χ0n) is 13.5. The van der Waals surface area contributed by atoms with Gasteiger partial charge in [-0.2, -0.15) is 0 Å². The molecule has 0 saturated carbocycles. The molecule has 0 aliphatic rings. The van der Waals surface area contributed by atoms with Crippen LogP contribution in [0.4, 0.5) is 0 Å². The van der Waals surface area contributed by atoms with E-state index in [0.717, 1.165) is 11.1 Å². The van der Waals surface area contributed by atoms with Crippen molar-refractivity contribution in [2.24, 2.45) is 0 Å². The van der Waals surface area contributed by atoms with Gasteiger partial charge in [0, 0.05) is 29.0 Å². The third-order valence-electron chi connectivity index (χ3n) is 3.39. The average molecular weight is 332 g/mol. The summed E-state index contributed by atoms with van der Waals surface area (Å²) >= 11 is 1.53. The molecule has 0 radical (unpaired) electrons. The maximum Gasteiger partial charge on any atom is 0.172 e. The fourth-order valence-electron chi connectivity index (χ4n) is 2.17. The van der Waals surface area contributed by atoms with Gasteiger partial charge in [-0.3, -0.25) is 4.79 Å². The molecule has 0 saturated heterocycles. The fraction of sp³-hybridized carbons (Fsp3) is 0.278. The third kappa shape index (κ3) is 4.42. The highest BCUT2D eigenvalue weighted by Gasteiger charge is 2.14. The molecule has 0 spiro atoms. The van der Waals surface area contributed by atoms with E-state index in [0.29, 0.717) is 28.8 Å². The Balaban J connectivity index is 2.06. The lowest BCUT2D eigenvalue weighted by atomic mass is 10.2. The standard InChI is InChI=1S/C18H20O4S/c1-20-14-9-17(21-2)15(18(10-14)22-3)11-23-12-16(19)13-7-5-4-6-8-13/h4-10H,11-12H2,1-3H3. The Labute approximate surface area is 140 Å². The third-order valence-corrected chi connectivity index (χ3v) is 4.35. The van der Waals surface area contributed by atoms with E-state index >= 15 is 0 Å². The van der Waals surface area contributed by atoms with Crippen molar-refractivity contribution in [3.05, 3.63) is 53.6 Å². The van der Waals surface area contributed by atoms with Crippen molar-refractivity contribution in [3.63, 3.8) is 0 Å². The summed E-state index contributed by atoms with van der Waals surface area (Å²) in [6.07, 6.45) is 0. The number of ether oxygens (including phenoxy) is 3. The molecule has 5 heteroatoms. The van der Waals surface area contributed by atoms with E-state index in [1.54, 1.807) is 21.3 Å². The molecule has 122 valence electrons. The molecule has 0 amide bonds. The Bertz CT molecular complexity index is 630. The number of benzene rings is 2. The van der Waals surface area contributed by atoms with Gasteiger partial charge in [-0.1, -0.05) is 30.3 Å². The first-order valence-electron chi connectivity index (χ1n) is 7.14. The first-order valence-corrected chi connectivity index (χ1v) is 8.30. The van der Waals surface area contributed by atoms with Gasteiger partial charge in [0.25, 0.3) is 0 Å². The zero-order chi connectivity index (χ0) is 16.7. The second-order valence-corrected chi connectivity index (χ2v) is 5.78. The molecule has 0 heterocycles. The summed E-state index contributed by atoms with van der Waals surface area (Å²) in [6, 6.07) is 12.9. The Morgan fingerprint density at radius 1 is 0.957 bits per heavy atom. The van der Waals surface area contributed by atoms with E-state index in [9.17, 15) is 4.79 Å². The molecular weight excluding hydrogens is 312 g/mol. The Hall–Kier alpha value is -2.14. The number of carbonyl (C=O) groups is 1. The van der Waals surface area contributed by atoms with E-state index in [1.807, 2.05) is 42.5 Å². The quantitative estimate of drug-likeness (QED) is 0.688. The molecule has 23 heavy (non-hydrogen) atoms. The smallest absolute Gasteiger partial charge is 0.172 e. The van der Waals surface area contributed by atoms with Crippen LogP contribution in [0.5, 0.6) is 17.2 Å². The van der Waals surface area contributed by atoms with Gasteiger partial charge in [-0.05, 0) is 0 Å². The number of hydrogen-bond acceptors (Lipinski definition) is 5. The molecule has 0 aromatic heterocycles. The molecule has 2 aromatic carbocycles. The minimum absolute atomic E-state index is 0.113. The average Bonchev–Trinajstić information content (AvgIpc) is 2.62. The molecule has 0 bridgehead atoms. The highest BCUT2D eigenvalue weighted by molar-refractivity contribution is 7.99. The normalized spacial score (nSPS) is 10.2. The van der Waals surface area contributed by atoms with Crippen molar-refractivity contribution in [1.82, 2.24) is 0 Å². The van der Waals surface area contributed by atoms with Crippen LogP contribution < -0.4 is 14.2 Å². The van der Waals surface area contributed by atoms with Gasteiger partial charge in [0.2, 0.25) is 0 Å². The molecule has 2 aromatic rings. The number of methoxy groups -OCH3 is 3. The van der Waals surface area contributed by atoms with Gasteiger partial charge in [0.1, 0.15) is 17.2 Å². The number of hydrogen-bond donors (Lipinski definition) is 0. The number of carbonyl (C=O) groups excluding carboxylic acids is 1. The number of ketones is 1. The molecule has 0 aliphatic heterocycles. The van der Waals surface area contributed by atoms with Crippen LogP contribution in [0, 0.1) is 0 Å². The first kappa shape index (κ1) is 17.2. The molecule has 0 atom stereocenters.